The Morgan fingerprint density at radius 2 is 2.05 bits per heavy atom. The molecule has 0 saturated heterocycles. The number of aromatic nitrogens is 2. The number of nitrogens with zero attached hydrogens (tertiary/aromatic N) is 2. The topological polar surface area (TPSA) is 46.9 Å². The monoisotopic (exact) mass is 315 g/mol. The smallest absolute Gasteiger partial charge is 0.240 e. The third-order valence-corrected chi connectivity index (χ3v) is 3.13. The summed E-state index contributed by atoms with van der Waals surface area (Å²) in [6.45, 7) is 5.12. The van der Waals surface area contributed by atoms with E-state index in [0.29, 0.717) is 5.82 Å². The zero-order valence-electron chi connectivity index (χ0n) is 12.0. The predicted molar refractivity (Wildman–Crippen MR) is 77.2 cm³/mol. The molecule has 21 heavy (non-hydrogen) atoms. The van der Waals surface area contributed by atoms with Crippen molar-refractivity contribution in [2.24, 2.45) is 0 Å². The van der Waals surface area contributed by atoms with Crippen LogP contribution in [0.2, 0.25) is 0 Å². The number of hydrogen-bond donors (Lipinski definition) is 1. The van der Waals surface area contributed by atoms with Gasteiger partial charge in [0.15, 0.2) is 11.6 Å². The highest BCUT2D eigenvalue weighted by Gasteiger charge is 2.21. The molecule has 1 aromatic carbocycles. The van der Waals surface area contributed by atoms with E-state index in [-0.39, 0.29) is 29.5 Å². The van der Waals surface area contributed by atoms with Crippen LogP contribution >= 0.6 is 11.6 Å². The van der Waals surface area contributed by atoms with Gasteiger partial charge >= 0.3 is 0 Å². The van der Waals surface area contributed by atoms with E-state index in [9.17, 15) is 13.6 Å². The normalized spacial score (nSPS) is 12.9. The van der Waals surface area contributed by atoms with Gasteiger partial charge in [0, 0.05) is 6.04 Å². The molecule has 1 amide bonds. The summed E-state index contributed by atoms with van der Waals surface area (Å²) in [5, 5.41) is 2.16. The second-order valence-electron chi connectivity index (χ2n) is 5.12. The molecule has 1 atom stereocenters. The maximum Gasteiger partial charge on any atom is 0.240 e. The van der Waals surface area contributed by atoms with Crippen LogP contribution in [0.5, 0.6) is 0 Å². The highest BCUT2D eigenvalue weighted by molar-refractivity contribution is 6.20. The molecular weight excluding hydrogens is 300 g/mol. The molecule has 2 aromatic rings. The number of fused-ring (bicyclic) bond motifs is 1. The molecule has 114 valence electrons. The van der Waals surface area contributed by atoms with Crippen LogP contribution in [0.4, 0.5) is 8.78 Å². The molecule has 0 spiro atoms. The van der Waals surface area contributed by atoms with Crippen molar-refractivity contribution in [2.75, 3.05) is 0 Å². The number of carbonyl (C=O) groups is 1. The lowest BCUT2D eigenvalue weighted by atomic mass is 10.3. The third kappa shape index (κ3) is 3.15. The highest BCUT2D eigenvalue weighted by Crippen LogP contribution is 2.27. The van der Waals surface area contributed by atoms with Gasteiger partial charge in [-0.2, -0.15) is 0 Å². The molecule has 0 fully saturated rings. The summed E-state index contributed by atoms with van der Waals surface area (Å²) < 4.78 is 28.8. The van der Waals surface area contributed by atoms with Gasteiger partial charge in [-0.25, -0.2) is 13.8 Å². The van der Waals surface area contributed by atoms with Crippen LogP contribution < -0.4 is 5.32 Å². The lowest BCUT2D eigenvalue weighted by Crippen LogP contribution is -2.33. The highest BCUT2D eigenvalue weighted by atomic mass is 35.5. The van der Waals surface area contributed by atoms with Crippen LogP contribution in [0.25, 0.3) is 11.0 Å². The Labute approximate surface area is 126 Å². The SMILES string of the molecule is CC(C)NC(=O)Cn1c(C(C)Cl)nc2ccc(F)c(F)c21. The first-order valence-electron chi connectivity index (χ1n) is 6.58. The van der Waals surface area contributed by atoms with Crippen LogP contribution in [0.1, 0.15) is 32.0 Å². The molecule has 0 saturated carbocycles. The summed E-state index contributed by atoms with van der Waals surface area (Å²) >= 11 is 6.03. The second-order valence-corrected chi connectivity index (χ2v) is 5.78. The first-order valence-corrected chi connectivity index (χ1v) is 7.02. The Balaban J connectivity index is 2.55. The van der Waals surface area contributed by atoms with Gasteiger partial charge in [0.1, 0.15) is 17.9 Å². The van der Waals surface area contributed by atoms with Crippen molar-refractivity contribution in [1.29, 1.82) is 0 Å². The standard InChI is InChI=1S/C14H16ClF2N3O/c1-7(2)18-11(21)6-20-13-10(19-14(20)8(3)15)5-4-9(16)12(13)17/h4-5,7-8H,6H2,1-3H3,(H,18,21). The zero-order valence-corrected chi connectivity index (χ0v) is 12.7. The van der Waals surface area contributed by atoms with E-state index < -0.39 is 17.0 Å². The molecule has 0 aliphatic rings. The fourth-order valence-electron chi connectivity index (χ4n) is 2.15. The summed E-state index contributed by atoms with van der Waals surface area (Å²) in [4.78, 5) is 16.1. The molecule has 1 N–H and O–H groups in total. The summed E-state index contributed by atoms with van der Waals surface area (Å²) in [5.41, 5.74) is 0.227. The van der Waals surface area contributed by atoms with E-state index in [1.807, 2.05) is 13.8 Å². The van der Waals surface area contributed by atoms with Crippen LogP contribution in [0.15, 0.2) is 12.1 Å². The molecule has 0 aliphatic heterocycles. The van der Waals surface area contributed by atoms with Crippen LogP contribution in [0, 0.1) is 11.6 Å². The van der Waals surface area contributed by atoms with Gasteiger partial charge in [0.2, 0.25) is 5.91 Å². The largest absolute Gasteiger partial charge is 0.352 e. The van der Waals surface area contributed by atoms with Gasteiger partial charge < -0.3 is 9.88 Å². The minimum atomic E-state index is -1.03. The number of alkyl halides is 1. The van der Waals surface area contributed by atoms with Crippen molar-refractivity contribution in [3.63, 3.8) is 0 Å². The van der Waals surface area contributed by atoms with Crippen molar-refractivity contribution in [1.82, 2.24) is 14.9 Å². The Hall–Kier alpha value is -1.69. The van der Waals surface area contributed by atoms with Gasteiger partial charge in [0.25, 0.3) is 0 Å². The maximum absolute atomic E-state index is 14.0. The van der Waals surface area contributed by atoms with Crippen molar-refractivity contribution < 1.29 is 13.6 Å². The molecular formula is C14H16ClF2N3O. The summed E-state index contributed by atoms with van der Waals surface area (Å²) in [5.74, 6) is -2.00. The van der Waals surface area contributed by atoms with Crippen LogP contribution in [-0.4, -0.2) is 21.5 Å². The van der Waals surface area contributed by atoms with E-state index in [4.69, 9.17) is 11.6 Å². The number of rotatable bonds is 4. The number of benzene rings is 1. The van der Waals surface area contributed by atoms with Gasteiger partial charge in [-0.15, -0.1) is 11.6 Å². The van der Waals surface area contributed by atoms with Gasteiger partial charge in [0.05, 0.1) is 10.9 Å². The second kappa shape index (κ2) is 5.97. The number of nitrogens with one attached hydrogen (secondary N) is 1. The Bertz CT molecular complexity index is 682. The van der Waals surface area contributed by atoms with Crippen molar-refractivity contribution in [2.45, 2.75) is 38.7 Å². The summed E-state index contributed by atoms with van der Waals surface area (Å²) in [6, 6.07) is 2.32. The van der Waals surface area contributed by atoms with Crippen molar-refractivity contribution in [3.05, 3.63) is 29.6 Å². The average molecular weight is 316 g/mol. The van der Waals surface area contributed by atoms with E-state index >= 15 is 0 Å². The lowest BCUT2D eigenvalue weighted by Gasteiger charge is -2.13. The molecule has 0 bridgehead atoms. The molecule has 1 unspecified atom stereocenters. The van der Waals surface area contributed by atoms with Gasteiger partial charge in [-0.3, -0.25) is 4.79 Å². The Morgan fingerprint density at radius 3 is 2.62 bits per heavy atom. The number of carbonyl (C=O) groups excluding carboxylic acids is 1. The van der Waals surface area contributed by atoms with E-state index in [1.165, 1.54) is 10.6 Å². The summed E-state index contributed by atoms with van der Waals surface area (Å²) in [7, 11) is 0. The molecule has 0 aliphatic carbocycles. The van der Waals surface area contributed by atoms with Crippen molar-refractivity contribution in [3.8, 4) is 0 Å². The Morgan fingerprint density at radius 1 is 1.38 bits per heavy atom. The van der Waals surface area contributed by atoms with Crippen LogP contribution in [0.3, 0.4) is 0 Å². The number of halogens is 3. The average Bonchev–Trinajstić information content (AvgIpc) is 2.72. The molecule has 4 nitrogen and oxygen atoms in total. The van der Waals surface area contributed by atoms with E-state index in [1.54, 1.807) is 6.92 Å². The number of amides is 1. The quantitative estimate of drug-likeness (QED) is 0.881. The lowest BCUT2D eigenvalue weighted by molar-refractivity contribution is -0.122. The molecule has 0 radical (unpaired) electrons. The van der Waals surface area contributed by atoms with Crippen LogP contribution in [-0.2, 0) is 11.3 Å². The fraction of sp³-hybridized carbons (Fsp3) is 0.429. The third-order valence-electron chi connectivity index (χ3n) is 2.94. The molecule has 7 heteroatoms. The zero-order chi connectivity index (χ0) is 15.7. The number of hydrogen-bond acceptors (Lipinski definition) is 2. The first kappa shape index (κ1) is 15.7. The van der Waals surface area contributed by atoms with Crippen molar-refractivity contribution >= 4 is 28.5 Å². The van der Waals surface area contributed by atoms with Gasteiger partial charge in [-0.1, -0.05) is 0 Å². The Kier molecular flexibility index (Phi) is 4.46. The van der Waals surface area contributed by atoms with E-state index in [0.717, 1.165) is 6.07 Å². The number of imidazole rings is 1. The minimum Gasteiger partial charge on any atom is -0.352 e. The first-order chi connectivity index (χ1) is 9.81. The van der Waals surface area contributed by atoms with E-state index in [2.05, 4.69) is 10.3 Å². The minimum absolute atomic E-state index is 0.0450. The van der Waals surface area contributed by atoms with Gasteiger partial charge in [-0.05, 0) is 32.9 Å². The molecule has 2 rings (SSSR count). The fourth-order valence-corrected chi connectivity index (χ4v) is 2.32. The molecule has 1 heterocycles. The molecule has 1 aromatic heterocycles. The maximum atomic E-state index is 14.0. The summed E-state index contributed by atoms with van der Waals surface area (Å²) in [6.07, 6.45) is 0. The predicted octanol–water partition coefficient (Wildman–Crippen LogP) is 3.14.